The standard InChI is InChI=1S/C24H36N2O3/c1-8-9-10-15-19-17-13-11-12-14-18(17)21(22(27)25-24(4,5)6)26(19)20(16(2)3)23(28)29-7/h11-14,16,20H,8-10,15H2,1-7H3,(H,25,27)/t20-/m0/s1. The maximum Gasteiger partial charge on any atom is 0.329 e. The predicted molar refractivity (Wildman–Crippen MR) is 118 cm³/mol. The van der Waals surface area contributed by atoms with Crippen molar-refractivity contribution < 1.29 is 14.3 Å². The number of carbonyl (C=O) groups excluding carboxylic acids is 2. The SMILES string of the molecule is CCCCCc1c2ccccc2c(C(=O)NC(C)(C)C)n1[C@H](C(=O)OC)C(C)C. The molecule has 0 fully saturated rings. The van der Waals surface area contributed by atoms with Gasteiger partial charge in [0.15, 0.2) is 0 Å². The minimum Gasteiger partial charge on any atom is -0.467 e. The fourth-order valence-electron chi connectivity index (χ4n) is 3.87. The molecule has 160 valence electrons. The first-order valence-corrected chi connectivity index (χ1v) is 10.6. The summed E-state index contributed by atoms with van der Waals surface area (Å²) in [4.78, 5) is 26.2. The van der Waals surface area contributed by atoms with Gasteiger partial charge in [0.05, 0.1) is 7.11 Å². The first kappa shape index (κ1) is 23.0. The van der Waals surface area contributed by atoms with Crippen molar-refractivity contribution in [2.45, 2.75) is 78.8 Å². The third kappa shape index (κ3) is 5.20. The van der Waals surface area contributed by atoms with E-state index < -0.39 is 6.04 Å². The molecule has 0 bridgehead atoms. The molecule has 0 radical (unpaired) electrons. The smallest absolute Gasteiger partial charge is 0.329 e. The van der Waals surface area contributed by atoms with E-state index in [4.69, 9.17) is 4.74 Å². The van der Waals surface area contributed by atoms with Gasteiger partial charge in [0, 0.05) is 22.0 Å². The van der Waals surface area contributed by atoms with Gasteiger partial charge in [-0.05, 0) is 39.5 Å². The van der Waals surface area contributed by atoms with Gasteiger partial charge in [0.1, 0.15) is 11.7 Å². The van der Waals surface area contributed by atoms with E-state index >= 15 is 0 Å². The van der Waals surface area contributed by atoms with Crippen LogP contribution in [0, 0.1) is 5.92 Å². The van der Waals surface area contributed by atoms with Crippen LogP contribution in [0.4, 0.5) is 0 Å². The van der Waals surface area contributed by atoms with Crippen molar-refractivity contribution >= 4 is 22.6 Å². The number of aromatic nitrogens is 1. The Morgan fingerprint density at radius 1 is 1.10 bits per heavy atom. The second-order valence-electron chi connectivity index (χ2n) is 9.08. The topological polar surface area (TPSA) is 60.3 Å². The van der Waals surface area contributed by atoms with Gasteiger partial charge in [-0.2, -0.15) is 0 Å². The number of carbonyl (C=O) groups is 2. The number of benzene rings is 1. The lowest BCUT2D eigenvalue weighted by molar-refractivity contribution is -0.146. The van der Waals surface area contributed by atoms with Gasteiger partial charge in [0.2, 0.25) is 0 Å². The number of ether oxygens (including phenoxy) is 1. The highest BCUT2D eigenvalue weighted by molar-refractivity contribution is 6.08. The van der Waals surface area contributed by atoms with Gasteiger partial charge in [0.25, 0.3) is 5.91 Å². The molecule has 5 heteroatoms. The van der Waals surface area contributed by atoms with Crippen LogP contribution in [0.15, 0.2) is 24.3 Å². The number of aryl methyl sites for hydroxylation is 1. The number of rotatable bonds is 8. The summed E-state index contributed by atoms with van der Waals surface area (Å²) in [6, 6.07) is 7.41. The minimum absolute atomic E-state index is 0.0182. The van der Waals surface area contributed by atoms with Crippen LogP contribution >= 0.6 is 0 Å². The summed E-state index contributed by atoms with van der Waals surface area (Å²) in [5, 5.41) is 5.01. The number of methoxy groups -OCH3 is 1. The van der Waals surface area contributed by atoms with Gasteiger partial charge < -0.3 is 14.6 Å². The van der Waals surface area contributed by atoms with Crippen LogP contribution in [0.3, 0.4) is 0 Å². The fourth-order valence-corrected chi connectivity index (χ4v) is 3.87. The molecule has 1 aromatic heterocycles. The summed E-state index contributed by atoms with van der Waals surface area (Å²) in [5.74, 6) is -0.498. The molecule has 2 rings (SSSR count). The zero-order valence-corrected chi connectivity index (χ0v) is 19.0. The molecule has 29 heavy (non-hydrogen) atoms. The Bertz CT molecular complexity index is 859. The minimum atomic E-state index is -0.551. The Balaban J connectivity index is 2.80. The second-order valence-corrected chi connectivity index (χ2v) is 9.08. The molecule has 1 N–H and O–H groups in total. The molecule has 0 aliphatic rings. The average molecular weight is 401 g/mol. The Morgan fingerprint density at radius 2 is 1.72 bits per heavy atom. The quantitative estimate of drug-likeness (QED) is 0.485. The Hall–Kier alpha value is -2.30. The van der Waals surface area contributed by atoms with Crippen LogP contribution < -0.4 is 5.32 Å². The van der Waals surface area contributed by atoms with Crippen molar-refractivity contribution in [1.82, 2.24) is 9.88 Å². The molecule has 5 nitrogen and oxygen atoms in total. The highest BCUT2D eigenvalue weighted by Crippen LogP contribution is 2.34. The maximum atomic E-state index is 13.4. The first-order valence-electron chi connectivity index (χ1n) is 10.6. The Labute approximate surface area is 174 Å². The third-order valence-corrected chi connectivity index (χ3v) is 5.10. The van der Waals surface area contributed by atoms with Crippen LogP contribution in [-0.4, -0.2) is 29.1 Å². The lowest BCUT2D eigenvalue weighted by Gasteiger charge is -2.27. The van der Waals surface area contributed by atoms with E-state index in [0.717, 1.165) is 42.1 Å². The summed E-state index contributed by atoms with van der Waals surface area (Å²) >= 11 is 0. The number of hydrogen-bond donors (Lipinski definition) is 1. The number of nitrogens with zero attached hydrogens (tertiary/aromatic N) is 1. The number of amides is 1. The molecule has 1 heterocycles. The molecule has 0 unspecified atom stereocenters. The lowest BCUT2D eigenvalue weighted by atomic mass is 10.0. The van der Waals surface area contributed by atoms with Crippen LogP contribution in [0.1, 0.15) is 83.0 Å². The van der Waals surface area contributed by atoms with Gasteiger partial charge in [-0.15, -0.1) is 0 Å². The normalized spacial score (nSPS) is 13.0. The highest BCUT2D eigenvalue weighted by atomic mass is 16.5. The molecule has 2 aromatic rings. The van der Waals surface area contributed by atoms with Crippen molar-refractivity contribution in [3.63, 3.8) is 0 Å². The molecule has 1 aromatic carbocycles. The van der Waals surface area contributed by atoms with E-state index in [1.54, 1.807) is 0 Å². The first-order chi connectivity index (χ1) is 13.6. The Morgan fingerprint density at radius 3 is 2.24 bits per heavy atom. The number of unbranched alkanes of at least 4 members (excludes halogenated alkanes) is 2. The van der Waals surface area contributed by atoms with E-state index in [0.29, 0.717) is 5.69 Å². The van der Waals surface area contributed by atoms with Crippen LogP contribution in [0.2, 0.25) is 0 Å². The molecule has 0 aliphatic heterocycles. The van der Waals surface area contributed by atoms with Gasteiger partial charge in [-0.1, -0.05) is 57.9 Å². The van der Waals surface area contributed by atoms with Crippen molar-refractivity contribution in [3.8, 4) is 0 Å². The van der Waals surface area contributed by atoms with E-state index in [1.807, 2.05) is 57.4 Å². The van der Waals surface area contributed by atoms with Crippen molar-refractivity contribution in [2.24, 2.45) is 5.92 Å². The number of hydrogen-bond acceptors (Lipinski definition) is 3. The monoisotopic (exact) mass is 400 g/mol. The molecule has 0 spiro atoms. The predicted octanol–water partition coefficient (Wildman–Crippen LogP) is 5.27. The van der Waals surface area contributed by atoms with Crippen LogP contribution in [0.25, 0.3) is 10.8 Å². The largest absolute Gasteiger partial charge is 0.467 e. The van der Waals surface area contributed by atoms with Crippen molar-refractivity contribution in [3.05, 3.63) is 35.7 Å². The molecular formula is C24H36N2O3. The number of esters is 1. The fraction of sp³-hybridized carbons (Fsp3) is 0.583. The highest BCUT2D eigenvalue weighted by Gasteiger charge is 2.33. The van der Waals surface area contributed by atoms with Crippen LogP contribution in [0.5, 0.6) is 0 Å². The van der Waals surface area contributed by atoms with Crippen molar-refractivity contribution in [2.75, 3.05) is 7.11 Å². The molecular weight excluding hydrogens is 364 g/mol. The molecule has 1 amide bonds. The zero-order chi connectivity index (χ0) is 21.8. The average Bonchev–Trinajstić information content (AvgIpc) is 2.94. The van der Waals surface area contributed by atoms with E-state index in [2.05, 4.69) is 18.3 Å². The van der Waals surface area contributed by atoms with Gasteiger partial charge in [-0.25, -0.2) is 4.79 Å². The molecule has 1 atom stereocenters. The van der Waals surface area contributed by atoms with Gasteiger partial charge in [-0.3, -0.25) is 4.79 Å². The van der Waals surface area contributed by atoms with Gasteiger partial charge >= 0.3 is 5.97 Å². The molecule has 0 saturated carbocycles. The van der Waals surface area contributed by atoms with E-state index in [9.17, 15) is 9.59 Å². The summed E-state index contributed by atoms with van der Waals surface area (Å²) in [6.07, 6.45) is 4.04. The zero-order valence-electron chi connectivity index (χ0n) is 19.0. The maximum absolute atomic E-state index is 13.4. The summed E-state index contributed by atoms with van der Waals surface area (Å²) in [7, 11) is 1.41. The molecule has 0 saturated heterocycles. The van der Waals surface area contributed by atoms with E-state index in [-0.39, 0.29) is 23.3 Å². The summed E-state index contributed by atoms with van der Waals surface area (Å²) < 4.78 is 7.11. The van der Waals surface area contributed by atoms with Crippen molar-refractivity contribution in [1.29, 1.82) is 0 Å². The number of fused-ring (bicyclic) bond motifs is 1. The third-order valence-electron chi connectivity index (χ3n) is 5.10. The lowest BCUT2D eigenvalue weighted by Crippen LogP contribution is -2.42. The molecule has 0 aliphatic carbocycles. The second kappa shape index (κ2) is 9.47. The summed E-state index contributed by atoms with van der Waals surface area (Å²) in [5.41, 5.74) is 1.21. The van der Waals surface area contributed by atoms with Crippen LogP contribution in [-0.2, 0) is 16.0 Å². The number of nitrogens with one attached hydrogen (secondary N) is 1. The van der Waals surface area contributed by atoms with E-state index in [1.165, 1.54) is 7.11 Å². The Kier molecular flexibility index (Phi) is 7.50. The summed E-state index contributed by atoms with van der Waals surface area (Å²) in [6.45, 7) is 12.0.